The molecule has 0 fully saturated rings. The fraction of sp³-hybridized carbons (Fsp3) is 0.966. The van der Waals surface area contributed by atoms with Gasteiger partial charge in [-0.15, -0.1) is 0 Å². The van der Waals surface area contributed by atoms with Gasteiger partial charge in [-0.05, 0) is 25.7 Å². The van der Waals surface area contributed by atoms with Crippen molar-refractivity contribution in [3.05, 3.63) is 0 Å². The predicted octanol–water partition coefficient (Wildman–Crippen LogP) is 5.62. The highest BCUT2D eigenvalue weighted by atomic mass is 16.6. The molecule has 0 heterocycles. The number of aliphatic hydroxyl groups is 1. The molecule has 1 unspecified atom stereocenters. The highest BCUT2D eigenvalue weighted by molar-refractivity contribution is 5.72. The van der Waals surface area contributed by atoms with Crippen LogP contribution in [0.1, 0.15) is 104 Å². The van der Waals surface area contributed by atoms with Crippen molar-refractivity contribution in [1.82, 2.24) is 4.90 Å². The van der Waals surface area contributed by atoms with Crippen molar-refractivity contribution >= 4 is 5.97 Å². The Hall–Kier alpha value is -0.730. The molecule has 7 nitrogen and oxygen atoms in total. The normalized spacial score (nSPS) is 12.4. The van der Waals surface area contributed by atoms with Gasteiger partial charge in [-0.3, -0.25) is 4.79 Å². The number of aliphatic hydroxyl groups excluding tert-OH is 1. The van der Waals surface area contributed by atoms with Crippen LogP contribution in [0, 0.1) is 5.92 Å². The van der Waals surface area contributed by atoms with E-state index in [1.807, 2.05) is 0 Å². The van der Waals surface area contributed by atoms with Crippen LogP contribution in [0.15, 0.2) is 0 Å². The van der Waals surface area contributed by atoms with E-state index in [9.17, 15) is 9.90 Å². The molecule has 0 rings (SSSR count). The Labute approximate surface area is 222 Å². The minimum atomic E-state index is -0.0366. The van der Waals surface area contributed by atoms with Crippen molar-refractivity contribution in [3.8, 4) is 0 Å². The van der Waals surface area contributed by atoms with Gasteiger partial charge in [0.1, 0.15) is 6.61 Å². The number of carbonyl (C=O) groups excluding carboxylic acids is 1. The first-order valence-electron chi connectivity index (χ1n) is 14.8. The second-order valence-corrected chi connectivity index (χ2v) is 9.76. The maximum absolute atomic E-state index is 12.7. The van der Waals surface area contributed by atoms with Gasteiger partial charge in [0.2, 0.25) is 0 Å². The van der Waals surface area contributed by atoms with E-state index in [-0.39, 0.29) is 18.5 Å². The summed E-state index contributed by atoms with van der Waals surface area (Å²) in [6, 6.07) is 0. The minimum Gasteiger partial charge on any atom is -0.463 e. The number of carbonyl (C=O) groups is 1. The molecule has 0 radical (unpaired) electrons. The summed E-state index contributed by atoms with van der Waals surface area (Å²) in [5.74, 6) is 0.00375. The topological polar surface area (TPSA) is 77.5 Å². The Morgan fingerprint density at radius 1 is 0.667 bits per heavy atom. The number of esters is 1. The van der Waals surface area contributed by atoms with E-state index < -0.39 is 0 Å². The van der Waals surface area contributed by atoms with Crippen LogP contribution in [0.4, 0.5) is 0 Å². The van der Waals surface area contributed by atoms with Gasteiger partial charge < -0.3 is 29.0 Å². The fourth-order valence-electron chi connectivity index (χ4n) is 4.29. The fourth-order valence-corrected chi connectivity index (χ4v) is 4.29. The Morgan fingerprint density at radius 3 is 1.75 bits per heavy atom. The van der Waals surface area contributed by atoms with Crippen molar-refractivity contribution in [1.29, 1.82) is 0 Å². The molecule has 1 N–H and O–H groups in total. The van der Waals surface area contributed by atoms with Crippen LogP contribution < -0.4 is 0 Å². The molecule has 0 aromatic rings. The third-order valence-electron chi connectivity index (χ3n) is 6.49. The van der Waals surface area contributed by atoms with Crippen LogP contribution in [0.5, 0.6) is 0 Å². The van der Waals surface area contributed by atoms with Gasteiger partial charge in [0.25, 0.3) is 0 Å². The standard InChI is InChI=1S/C29H59NO6/c1-4-6-8-10-11-13-17-28(16-12-9-7-5-2)29(32)36-27-26-35-23-15-19-30(20-21-31)18-14-22-34-25-24-33-3/h28,31H,4-27H2,1-3H3. The lowest BCUT2D eigenvalue weighted by molar-refractivity contribution is -0.150. The molecule has 0 saturated carbocycles. The summed E-state index contributed by atoms with van der Waals surface area (Å²) in [6.45, 7) is 10.4. The Balaban J connectivity index is 4.02. The number of hydrogen-bond donors (Lipinski definition) is 1. The third-order valence-corrected chi connectivity index (χ3v) is 6.49. The highest BCUT2D eigenvalue weighted by Crippen LogP contribution is 2.20. The van der Waals surface area contributed by atoms with E-state index in [1.54, 1.807) is 7.11 Å². The van der Waals surface area contributed by atoms with Crippen molar-refractivity contribution in [2.24, 2.45) is 5.92 Å². The molecular formula is C29H59NO6. The van der Waals surface area contributed by atoms with E-state index in [0.29, 0.717) is 46.2 Å². The van der Waals surface area contributed by atoms with Crippen LogP contribution in [0.3, 0.4) is 0 Å². The molecule has 0 aliphatic carbocycles. The average Bonchev–Trinajstić information content (AvgIpc) is 2.88. The molecule has 0 bridgehead atoms. The van der Waals surface area contributed by atoms with E-state index in [2.05, 4.69) is 18.7 Å². The van der Waals surface area contributed by atoms with Crippen LogP contribution in [0.2, 0.25) is 0 Å². The number of ether oxygens (including phenoxy) is 4. The Kier molecular flexibility index (Phi) is 28.3. The van der Waals surface area contributed by atoms with Crippen molar-refractivity contribution < 1.29 is 28.8 Å². The summed E-state index contributed by atoms with van der Waals surface area (Å²) in [7, 11) is 1.67. The Bertz CT molecular complexity index is 451. The highest BCUT2D eigenvalue weighted by Gasteiger charge is 2.19. The third kappa shape index (κ3) is 23.7. The molecule has 7 heteroatoms. The summed E-state index contributed by atoms with van der Waals surface area (Å²) in [5, 5.41) is 9.29. The van der Waals surface area contributed by atoms with Gasteiger partial charge in [-0.2, -0.15) is 0 Å². The predicted molar refractivity (Wildman–Crippen MR) is 147 cm³/mol. The maximum atomic E-state index is 12.7. The van der Waals surface area contributed by atoms with Gasteiger partial charge in [-0.25, -0.2) is 0 Å². The van der Waals surface area contributed by atoms with Gasteiger partial charge in [0, 0.05) is 40.0 Å². The molecular weight excluding hydrogens is 458 g/mol. The van der Waals surface area contributed by atoms with Crippen LogP contribution in [-0.2, 0) is 23.7 Å². The first-order valence-corrected chi connectivity index (χ1v) is 14.8. The second kappa shape index (κ2) is 28.8. The van der Waals surface area contributed by atoms with E-state index >= 15 is 0 Å². The monoisotopic (exact) mass is 517 g/mol. The number of methoxy groups -OCH3 is 1. The average molecular weight is 518 g/mol. The zero-order valence-electron chi connectivity index (χ0n) is 24.0. The molecule has 0 saturated heterocycles. The molecule has 36 heavy (non-hydrogen) atoms. The lowest BCUT2D eigenvalue weighted by atomic mass is 9.94. The smallest absolute Gasteiger partial charge is 0.309 e. The number of nitrogens with zero attached hydrogens (tertiary/aromatic N) is 1. The number of hydrogen-bond acceptors (Lipinski definition) is 7. The molecule has 0 aliphatic rings. The van der Waals surface area contributed by atoms with E-state index in [0.717, 1.165) is 51.6 Å². The number of rotatable bonds is 29. The summed E-state index contributed by atoms with van der Waals surface area (Å²) in [4.78, 5) is 14.9. The van der Waals surface area contributed by atoms with Gasteiger partial charge in [-0.1, -0.05) is 78.1 Å². The quantitative estimate of drug-likeness (QED) is 0.102. The van der Waals surface area contributed by atoms with Crippen molar-refractivity contribution in [2.45, 2.75) is 104 Å². The molecule has 0 aliphatic heterocycles. The zero-order chi connectivity index (χ0) is 26.5. The van der Waals surface area contributed by atoms with Crippen LogP contribution >= 0.6 is 0 Å². The van der Waals surface area contributed by atoms with E-state index in [4.69, 9.17) is 18.9 Å². The summed E-state index contributed by atoms with van der Waals surface area (Å²) >= 11 is 0. The second-order valence-electron chi connectivity index (χ2n) is 9.76. The molecule has 0 amide bonds. The minimum absolute atomic E-state index is 0.0366. The first-order chi connectivity index (χ1) is 17.7. The summed E-state index contributed by atoms with van der Waals surface area (Å²) in [6.07, 6.45) is 16.0. The van der Waals surface area contributed by atoms with Gasteiger partial charge in [0.15, 0.2) is 0 Å². The number of unbranched alkanes of at least 4 members (excludes halogenated alkanes) is 8. The lowest BCUT2D eigenvalue weighted by Crippen LogP contribution is -2.30. The molecule has 0 spiro atoms. The first kappa shape index (κ1) is 35.3. The maximum Gasteiger partial charge on any atom is 0.309 e. The summed E-state index contributed by atoms with van der Waals surface area (Å²) in [5.41, 5.74) is 0. The van der Waals surface area contributed by atoms with Crippen molar-refractivity contribution in [3.63, 3.8) is 0 Å². The molecule has 216 valence electrons. The molecule has 1 atom stereocenters. The Morgan fingerprint density at radius 2 is 1.19 bits per heavy atom. The van der Waals surface area contributed by atoms with Crippen LogP contribution in [-0.4, -0.2) is 89.0 Å². The van der Waals surface area contributed by atoms with Crippen LogP contribution in [0.25, 0.3) is 0 Å². The van der Waals surface area contributed by atoms with Crippen molar-refractivity contribution in [2.75, 3.05) is 73.0 Å². The summed E-state index contributed by atoms with van der Waals surface area (Å²) < 4.78 is 21.8. The van der Waals surface area contributed by atoms with Gasteiger partial charge >= 0.3 is 5.97 Å². The zero-order valence-corrected chi connectivity index (χ0v) is 24.0. The van der Waals surface area contributed by atoms with E-state index in [1.165, 1.54) is 51.4 Å². The molecule has 0 aromatic carbocycles. The SMILES string of the molecule is CCCCCCCCC(CCCCCC)C(=O)OCCOCCCN(CCO)CCCOCCOC. The van der Waals surface area contributed by atoms with Gasteiger partial charge in [0.05, 0.1) is 32.3 Å². The largest absolute Gasteiger partial charge is 0.463 e. The molecule has 0 aromatic heterocycles. The lowest BCUT2D eigenvalue weighted by Gasteiger charge is -2.21.